The van der Waals surface area contributed by atoms with E-state index in [1.165, 1.54) is 12.8 Å². The van der Waals surface area contributed by atoms with Gasteiger partial charge in [0, 0.05) is 21.8 Å². The Bertz CT molecular complexity index is 415. The second-order valence-electron chi connectivity index (χ2n) is 4.35. The zero-order chi connectivity index (χ0) is 11.7. The minimum Gasteiger partial charge on any atom is -0.398 e. The van der Waals surface area contributed by atoms with Gasteiger partial charge in [0.15, 0.2) is 0 Å². The zero-order valence-corrected chi connectivity index (χ0v) is 10.8. The first-order valence-corrected chi connectivity index (χ1v) is 6.23. The van der Waals surface area contributed by atoms with Crippen molar-refractivity contribution in [3.05, 3.63) is 22.7 Å². The summed E-state index contributed by atoms with van der Waals surface area (Å²) in [5, 5.41) is 2.91. The molecule has 1 unspecified atom stereocenters. The van der Waals surface area contributed by atoms with Crippen LogP contribution in [0.5, 0.6) is 0 Å². The highest BCUT2D eigenvalue weighted by Gasteiger charge is 2.32. The summed E-state index contributed by atoms with van der Waals surface area (Å²) in [4.78, 5) is 11.8. The largest absolute Gasteiger partial charge is 0.398 e. The molecular formula is C12H15BrN2O. The Morgan fingerprint density at radius 1 is 1.56 bits per heavy atom. The van der Waals surface area contributed by atoms with E-state index in [2.05, 4.69) is 21.2 Å². The van der Waals surface area contributed by atoms with Crippen molar-refractivity contribution in [3.63, 3.8) is 0 Å². The standard InChI is InChI=1S/C12H15BrN2O/c1-7(8-2-3-8)12(16)15-9-4-5-11(14)10(13)6-9/h4-8H,2-3,14H2,1H3,(H,15,16). The van der Waals surface area contributed by atoms with E-state index in [4.69, 9.17) is 5.73 Å². The summed E-state index contributed by atoms with van der Waals surface area (Å²) in [6.07, 6.45) is 2.36. The molecule has 1 aromatic rings. The summed E-state index contributed by atoms with van der Waals surface area (Å²) in [6, 6.07) is 5.42. The van der Waals surface area contributed by atoms with Crippen molar-refractivity contribution >= 4 is 33.2 Å². The van der Waals surface area contributed by atoms with E-state index in [1.54, 1.807) is 6.07 Å². The van der Waals surface area contributed by atoms with Gasteiger partial charge in [-0.1, -0.05) is 6.92 Å². The molecule has 2 rings (SSSR count). The number of hydrogen-bond donors (Lipinski definition) is 2. The predicted octanol–water partition coefficient (Wildman–Crippen LogP) is 3.02. The monoisotopic (exact) mass is 282 g/mol. The number of carbonyl (C=O) groups is 1. The molecule has 0 saturated heterocycles. The van der Waals surface area contributed by atoms with Crippen LogP contribution in [-0.2, 0) is 4.79 Å². The molecule has 3 N–H and O–H groups in total. The number of halogens is 1. The van der Waals surface area contributed by atoms with Crippen LogP contribution in [0.4, 0.5) is 11.4 Å². The highest BCUT2D eigenvalue weighted by atomic mass is 79.9. The van der Waals surface area contributed by atoms with Crippen molar-refractivity contribution in [2.75, 3.05) is 11.1 Å². The molecule has 1 amide bonds. The van der Waals surface area contributed by atoms with Crippen molar-refractivity contribution < 1.29 is 4.79 Å². The molecule has 1 fully saturated rings. The number of amides is 1. The number of nitrogen functional groups attached to an aromatic ring is 1. The number of hydrogen-bond acceptors (Lipinski definition) is 2. The van der Waals surface area contributed by atoms with E-state index in [-0.39, 0.29) is 11.8 Å². The molecule has 86 valence electrons. The summed E-state index contributed by atoms with van der Waals surface area (Å²) < 4.78 is 0.810. The lowest BCUT2D eigenvalue weighted by atomic mass is 10.1. The Hall–Kier alpha value is -1.03. The third-order valence-electron chi connectivity index (χ3n) is 3.01. The fourth-order valence-electron chi connectivity index (χ4n) is 1.67. The third kappa shape index (κ3) is 2.55. The average Bonchev–Trinajstić information content (AvgIpc) is 3.06. The second kappa shape index (κ2) is 4.45. The highest BCUT2D eigenvalue weighted by Crippen LogP contribution is 2.37. The number of nitrogens with one attached hydrogen (secondary N) is 1. The number of benzene rings is 1. The Labute approximate surface area is 104 Å². The van der Waals surface area contributed by atoms with Crippen LogP contribution in [0.1, 0.15) is 19.8 Å². The Kier molecular flexibility index (Phi) is 3.19. The molecular weight excluding hydrogens is 268 g/mol. The van der Waals surface area contributed by atoms with Crippen LogP contribution in [0, 0.1) is 11.8 Å². The lowest BCUT2D eigenvalue weighted by molar-refractivity contribution is -0.119. The van der Waals surface area contributed by atoms with E-state index in [1.807, 2.05) is 19.1 Å². The SMILES string of the molecule is CC(C(=O)Nc1ccc(N)c(Br)c1)C1CC1. The van der Waals surface area contributed by atoms with Gasteiger partial charge >= 0.3 is 0 Å². The van der Waals surface area contributed by atoms with Crippen LogP contribution < -0.4 is 11.1 Å². The first kappa shape index (κ1) is 11.5. The van der Waals surface area contributed by atoms with Gasteiger partial charge in [-0.05, 0) is 52.9 Å². The third-order valence-corrected chi connectivity index (χ3v) is 3.70. The van der Waals surface area contributed by atoms with Crippen LogP contribution in [0.15, 0.2) is 22.7 Å². The molecule has 0 spiro atoms. The zero-order valence-electron chi connectivity index (χ0n) is 9.16. The van der Waals surface area contributed by atoms with E-state index >= 15 is 0 Å². The number of nitrogens with two attached hydrogens (primary N) is 1. The number of rotatable bonds is 3. The van der Waals surface area contributed by atoms with E-state index in [9.17, 15) is 4.79 Å². The van der Waals surface area contributed by atoms with E-state index in [0.717, 1.165) is 10.2 Å². The maximum absolute atomic E-state index is 11.8. The topological polar surface area (TPSA) is 55.1 Å². The summed E-state index contributed by atoms with van der Waals surface area (Å²) in [5.41, 5.74) is 7.14. The van der Waals surface area contributed by atoms with Crippen LogP contribution in [0.2, 0.25) is 0 Å². The number of carbonyl (C=O) groups excluding carboxylic acids is 1. The van der Waals surface area contributed by atoms with Gasteiger partial charge in [-0.2, -0.15) is 0 Å². The van der Waals surface area contributed by atoms with Crippen LogP contribution in [0.3, 0.4) is 0 Å². The molecule has 4 heteroatoms. The summed E-state index contributed by atoms with van der Waals surface area (Å²) in [6.45, 7) is 1.99. The smallest absolute Gasteiger partial charge is 0.227 e. The maximum Gasteiger partial charge on any atom is 0.227 e. The molecule has 0 aromatic heterocycles. The van der Waals surface area contributed by atoms with Gasteiger partial charge in [0.25, 0.3) is 0 Å². The van der Waals surface area contributed by atoms with Crippen molar-refractivity contribution in [1.82, 2.24) is 0 Å². The van der Waals surface area contributed by atoms with Crippen LogP contribution in [0.25, 0.3) is 0 Å². The first-order chi connectivity index (χ1) is 7.58. The van der Waals surface area contributed by atoms with Crippen LogP contribution in [-0.4, -0.2) is 5.91 Å². The fourth-order valence-corrected chi connectivity index (χ4v) is 2.05. The fraction of sp³-hybridized carbons (Fsp3) is 0.417. The summed E-state index contributed by atoms with van der Waals surface area (Å²) >= 11 is 3.34. The van der Waals surface area contributed by atoms with Gasteiger partial charge in [0.05, 0.1) is 0 Å². The quantitative estimate of drug-likeness (QED) is 0.838. The van der Waals surface area contributed by atoms with Gasteiger partial charge < -0.3 is 11.1 Å². The molecule has 16 heavy (non-hydrogen) atoms. The van der Waals surface area contributed by atoms with Crippen molar-refractivity contribution in [3.8, 4) is 0 Å². The Balaban J connectivity index is 2.02. The first-order valence-electron chi connectivity index (χ1n) is 5.44. The van der Waals surface area contributed by atoms with Crippen molar-refractivity contribution in [1.29, 1.82) is 0 Å². The van der Waals surface area contributed by atoms with E-state index < -0.39 is 0 Å². The van der Waals surface area contributed by atoms with Gasteiger partial charge in [-0.15, -0.1) is 0 Å². The Morgan fingerprint density at radius 2 is 2.25 bits per heavy atom. The van der Waals surface area contributed by atoms with Gasteiger partial charge in [-0.3, -0.25) is 4.79 Å². The minimum atomic E-state index is 0.0965. The molecule has 0 bridgehead atoms. The minimum absolute atomic E-state index is 0.0965. The molecule has 1 aromatic carbocycles. The maximum atomic E-state index is 11.8. The van der Waals surface area contributed by atoms with Gasteiger partial charge in [0.1, 0.15) is 0 Å². The van der Waals surface area contributed by atoms with Crippen molar-refractivity contribution in [2.45, 2.75) is 19.8 Å². The van der Waals surface area contributed by atoms with Crippen LogP contribution >= 0.6 is 15.9 Å². The molecule has 3 nitrogen and oxygen atoms in total. The molecule has 0 radical (unpaired) electrons. The van der Waals surface area contributed by atoms with E-state index in [0.29, 0.717) is 11.6 Å². The van der Waals surface area contributed by atoms with Gasteiger partial charge in [-0.25, -0.2) is 0 Å². The molecule has 1 atom stereocenters. The molecule has 1 aliphatic rings. The average molecular weight is 283 g/mol. The highest BCUT2D eigenvalue weighted by molar-refractivity contribution is 9.10. The van der Waals surface area contributed by atoms with Gasteiger partial charge in [0.2, 0.25) is 5.91 Å². The number of anilines is 2. The lowest BCUT2D eigenvalue weighted by Gasteiger charge is -2.11. The molecule has 1 saturated carbocycles. The molecule has 0 heterocycles. The lowest BCUT2D eigenvalue weighted by Crippen LogP contribution is -2.21. The normalized spacial score (nSPS) is 16.9. The molecule has 0 aliphatic heterocycles. The summed E-state index contributed by atoms with van der Waals surface area (Å²) in [7, 11) is 0. The second-order valence-corrected chi connectivity index (χ2v) is 5.21. The Morgan fingerprint density at radius 3 is 2.81 bits per heavy atom. The summed E-state index contributed by atoms with van der Waals surface area (Å²) in [5.74, 6) is 0.785. The molecule has 1 aliphatic carbocycles. The van der Waals surface area contributed by atoms with Crippen molar-refractivity contribution in [2.24, 2.45) is 11.8 Å². The predicted molar refractivity (Wildman–Crippen MR) is 69.1 cm³/mol.